The molecule has 0 radical (unpaired) electrons. The third-order valence-corrected chi connectivity index (χ3v) is 4.95. The minimum Gasteiger partial charge on any atom is -0.496 e. The molecule has 7 nitrogen and oxygen atoms in total. The number of rotatable bonds is 7. The molecule has 1 amide bonds. The van der Waals surface area contributed by atoms with Crippen molar-refractivity contribution in [2.45, 2.75) is 39.8 Å². The smallest absolute Gasteiger partial charge is 0.222 e. The van der Waals surface area contributed by atoms with Crippen molar-refractivity contribution < 1.29 is 9.53 Å². The van der Waals surface area contributed by atoms with Gasteiger partial charge in [-0.15, -0.1) is 10.2 Å². The fraction of sp³-hybridized carbons (Fsp3) is 0.550. The van der Waals surface area contributed by atoms with Gasteiger partial charge in [0.25, 0.3) is 0 Å². The Morgan fingerprint density at radius 3 is 2.81 bits per heavy atom. The van der Waals surface area contributed by atoms with Gasteiger partial charge in [0.2, 0.25) is 5.91 Å². The van der Waals surface area contributed by atoms with Gasteiger partial charge in [0.05, 0.1) is 7.11 Å². The van der Waals surface area contributed by atoms with Crippen LogP contribution in [0.5, 0.6) is 5.75 Å². The molecule has 1 aromatic carbocycles. The predicted octanol–water partition coefficient (Wildman–Crippen LogP) is 1.66. The Kier molecular flexibility index (Phi) is 6.45. The molecule has 2 heterocycles. The molecular weight excluding hydrogens is 342 g/mol. The van der Waals surface area contributed by atoms with Crippen molar-refractivity contribution in [2.75, 3.05) is 26.7 Å². The average molecular weight is 371 g/mol. The number of aromatic nitrogens is 3. The normalized spacial score (nSPS) is 14.7. The lowest BCUT2D eigenvalue weighted by molar-refractivity contribution is -0.123. The minimum absolute atomic E-state index is 0.00375. The van der Waals surface area contributed by atoms with Crippen LogP contribution in [0.3, 0.4) is 0 Å². The number of hydrogen-bond acceptors (Lipinski definition) is 5. The Morgan fingerprint density at radius 1 is 1.22 bits per heavy atom. The number of ether oxygens (including phenoxy) is 1. The molecule has 1 N–H and O–H groups in total. The van der Waals surface area contributed by atoms with Gasteiger partial charge in [-0.1, -0.05) is 32.0 Å². The van der Waals surface area contributed by atoms with E-state index in [2.05, 4.69) is 31.0 Å². The summed E-state index contributed by atoms with van der Waals surface area (Å²) >= 11 is 0. The average Bonchev–Trinajstić information content (AvgIpc) is 2.94. The summed E-state index contributed by atoms with van der Waals surface area (Å²) in [6, 6.07) is 8.17. The van der Waals surface area contributed by atoms with E-state index in [9.17, 15) is 4.79 Å². The molecular formula is C20H29N5O2. The molecule has 1 aromatic heterocycles. The van der Waals surface area contributed by atoms with Gasteiger partial charge in [0.15, 0.2) is 0 Å². The van der Waals surface area contributed by atoms with Crippen molar-refractivity contribution in [3.8, 4) is 5.75 Å². The standard InChI is InChI=1S/C20H29N5O2/c1-15(2)20(26)21-10-8-18-22-23-19-9-11-24(12-13-25(18)19)14-16-6-4-5-7-17(16)27-3/h4-7,15H,8-14H2,1-3H3,(H,21,26). The summed E-state index contributed by atoms with van der Waals surface area (Å²) < 4.78 is 7.69. The Labute approximate surface area is 160 Å². The van der Waals surface area contributed by atoms with Crippen molar-refractivity contribution in [3.05, 3.63) is 41.5 Å². The fourth-order valence-electron chi connectivity index (χ4n) is 3.35. The van der Waals surface area contributed by atoms with Gasteiger partial charge in [-0.25, -0.2) is 0 Å². The first-order valence-corrected chi connectivity index (χ1v) is 9.61. The Morgan fingerprint density at radius 2 is 2.04 bits per heavy atom. The van der Waals surface area contributed by atoms with Gasteiger partial charge in [-0.2, -0.15) is 0 Å². The summed E-state index contributed by atoms with van der Waals surface area (Å²) in [4.78, 5) is 14.1. The quantitative estimate of drug-likeness (QED) is 0.801. The maximum absolute atomic E-state index is 11.7. The summed E-state index contributed by atoms with van der Waals surface area (Å²) in [5.74, 6) is 3.00. The molecule has 1 aliphatic rings. The Bertz CT molecular complexity index is 771. The molecule has 0 fully saturated rings. The van der Waals surface area contributed by atoms with Gasteiger partial charge in [-0.05, 0) is 6.07 Å². The van der Waals surface area contributed by atoms with E-state index in [4.69, 9.17) is 4.74 Å². The molecule has 0 atom stereocenters. The number of methoxy groups -OCH3 is 1. The molecule has 1 aliphatic heterocycles. The maximum atomic E-state index is 11.7. The van der Waals surface area contributed by atoms with Crippen molar-refractivity contribution in [1.29, 1.82) is 0 Å². The second-order valence-corrected chi connectivity index (χ2v) is 7.22. The van der Waals surface area contributed by atoms with Crippen LogP contribution in [0.4, 0.5) is 0 Å². The first-order chi connectivity index (χ1) is 13.1. The van der Waals surface area contributed by atoms with Crippen LogP contribution in [0.2, 0.25) is 0 Å². The van der Waals surface area contributed by atoms with Crippen LogP contribution >= 0.6 is 0 Å². The van der Waals surface area contributed by atoms with E-state index < -0.39 is 0 Å². The van der Waals surface area contributed by atoms with Crippen molar-refractivity contribution >= 4 is 5.91 Å². The zero-order valence-corrected chi connectivity index (χ0v) is 16.4. The Hall–Kier alpha value is -2.41. The lowest BCUT2D eigenvalue weighted by atomic mass is 10.2. The number of carbonyl (C=O) groups excluding carboxylic acids is 1. The van der Waals surface area contributed by atoms with E-state index in [1.54, 1.807) is 7.11 Å². The first-order valence-electron chi connectivity index (χ1n) is 9.61. The summed E-state index contributed by atoms with van der Waals surface area (Å²) in [6.45, 7) is 8.01. The van der Waals surface area contributed by atoms with E-state index in [1.165, 1.54) is 5.56 Å². The topological polar surface area (TPSA) is 72.3 Å². The molecule has 7 heteroatoms. The van der Waals surface area contributed by atoms with Crippen LogP contribution in [-0.2, 0) is 30.7 Å². The second kappa shape index (κ2) is 8.99. The highest BCUT2D eigenvalue weighted by atomic mass is 16.5. The highest BCUT2D eigenvalue weighted by Crippen LogP contribution is 2.20. The SMILES string of the molecule is COc1ccccc1CN1CCc2nnc(CCNC(=O)C(C)C)n2CC1. The summed E-state index contributed by atoms with van der Waals surface area (Å²) in [5, 5.41) is 11.7. The molecule has 27 heavy (non-hydrogen) atoms. The molecule has 2 aromatic rings. The molecule has 0 bridgehead atoms. The monoisotopic (exact) mass is 371 g/mol. The van der Waals surface area contributed by atoms with Crippen molar-refractivity contribution in [3.63, 3.8) is 0 Å². The number of nitrogens with zero attached hydrogens (tertiary/aromatic N) is 4. The number of amides is 1. The van der Waals surface area contributed by atoms with E-state index in [1.807, 2.05) is 32.0 Å². The summed E-state index contributed by atoms with van der Waals surface area (Å²) in [7, 11) is 1.72. The molecule has 0 unspecified atom stereocenters. The molecule has 3 rings (SSSR count). The largest absolute Gasteiger partial charge is 0.496 e. The van der Waals surface area contributed by atoms with Crippen LogP contribution in [-0.4, -0.2) is 52.3 Å². The summed E-state index contributed by atoms with van der Waals surface area (Å²) in [5.41, 5.74) is 1.20. The fourth-order valence-corrected chi connectivity index (χ4v) is 3.35. The number of benzene rings is 1. The molecule has 0 saturated heterocycles. The lowest BCUT2D eigenvalue weighted by Gasteiger charge is -2.21. The predicted molar refractivity (Wildman–Crippen MR) is 104 cm³/mol. The van der Waals surface area contributed by atoms with Crippen molar-refractivity contribution in [1.82, 2.24) is 25.0 Å². The highest BCUT2D eigenvalue weighted by molar-refractivity contribution is 5.77. The minimum atomic E-state index is 0.00375. The van der Waals surface area contributed by atoms with Crippen LogP contribution in [0, 0.1) is 5.92 Å². The van der Waals surface area contributed by atoms with E-state index in [0.717, 1.165) is 50.0 Å². The number of hydrogen-bond donors (Lipinski definition) is 1. The van der Waals surface area contributed by atoms with Crippen LogP contribution in [0.15, 0.2) is 24.3 Å². The number of fused-ring (bicyclic) bond motifs is 1. The third kappa shape index (κ3) is 4.86. The van der Waals surface area contributed by atoms with E-state index in [0.29, 0.717) is 13.0 Å². The van der Waals surface area contributed by atoms with E-state index in [-0.39, 0.29) is 11.8 Å². The molecule has 146 valence electrons. The third-order valence-electron chi connectivity index (χ3n) is 4.95. The van der Waals surface area contributed by atoms with Gasteiger partial charge >= 0.3 is 0 Å². The molecule has 0 aliphatic carbocycles. The molecule has 0 spiro atoms. The Balaban J connectivity index is 1.58. The van der Waals surface area contributed by atoms with Crippen LogP contribution in [0.25, 0.3) is 0 Å². The van der Waals surface area contributed by atoms with E-state index >= 15 is 0 Å². The first kappa shape index (κ1) is 19.4. The van der Waals surface area contributed by atoms with Gasteiger partial charge in [0.1, 0.15) is 17.4 Å². The van der Waals surface area contributed by atoms with Gasteiger partial charge in [0, 0.05) is 57.0 Å². The van der Waals surface area contributed by atoms with Crippen LogP contribution < -0.4 is 10.1 Å². The van der Waals surface area contributed by atoms with Crippen molar-refractivity contribution in [2.24, 2.45) is 5.92 Å². The van der Waals surface area contributed by atoms with Crippen LogP contribution in [0.1, 0.15) is 31.1 Å². The summed E-state index contributed by atoms with van der Waals surface area (Å²) in [6.07, 6.45) is 1.58. The number of nitrogens with one attached hydrogen (secondary N) is 1. The zero-order valence-electron chi connectivity index (χ0n) is 16.4. The maximum Gasteiger partial charge on any atom is 0.222 e. The van der Waals surface area contributed by atoms with Gasteiger partial charge < -0.3 is 14.6 Å². The number of carbonyl (C=O) groups is 1. The highest BCUT2D eigenvalue weighted by Gasteiger charge is 2.19. The molecule has 0 saturated carbocycles. The zero-order chi connectivity index (χ0) is 19.2. The lowest BCUT2D eigenvalue weighted by Crippen LogP contribution is -2.30. The van der Waals surface area contributed by atoms with Gasteiger partial charge in [-0.3, -0.25) is 9.69 Å². The number of para-hydroxylation sites is 1. The second-order valence-electron chi connectivity index (χ2n) is 7.22.